The Balaban J connectivity index is 3.88. The number of esters is 1. The van der Waals surface area contributed by atoms with Crippen LogP contribution >= 0.6 is 0 Å². The number of rotatable bonds is 5. The fourth-order valence-electron chi connectivity index (χ4n) is 0.719. The van der Waals surface area contributed by atoms with Crippen LogP contribution in [0, 0.1) is 4.78 Å². The first-order valence-corrected chi connectivity index (χ1v) is 6.14. The van der Waals surface area contributed by atoms with Crippen LogP contribution < -0.4 is 5.73 Å². The predicted molar refractivity (Wildman–Crippen MR) is 50.9 cm³/mol. The molecule has 0 saturated carbocycles. The number of hydrogen-bond donors (Lipinski definition) is 2. The van der Waals surface area contributed by atoms with Gasteiger partial charge in [0.1, 0.15) is 6.04 Å². The second-order valence-electron chi connectivity index (χ2n) is 2.86. The Kier molecular flexibility index (Phi) is 4.94. The molecule has 0 fully saturated rings. The van der Waals surface area contributed by atoms with Crippen LogP contribution in [0.2, 0.25) is 0 Å². The van der Waals surface area contributed by atoms with Crippen molar-refractivity contribution in [1.29, 1.82) is 4.78 Å². The Bertz CT molecular complexity index is 261. The minimum absolute atomic E-state index is 0.132. The smallest absolute Gasteiger partial charge is 0.322 e. The Morgan fingerprint density at radius 1 is 1.69 bits per heavy atom. The van der Waals surface area contributed by atoms with Gasteiger partial charge in [0.15, 0.2) is 0 Å². The van der Waals surface area contributed by atoms with E-state index in [-0.39, 0.29) is 18.8 Å². The number of ether oxygens (including phenoxy) is 1. The van der Waals surface area contributed by atoms with Gasteiger partial charge in [-0.25, -0.2) is 0 Å². The van der Waals surface area contributed by atoms with Gasteiger partial charge in [0.05, 0.1) is 6.61 Å². The van der Waals surface area contributed by atoms with E-state index in [2.05, 4.69) is 4.74 Å². The molecule has 6 heteroatoms. The van der Waals surface area contributed by atoms with Crippen molar-refractivity contribution in [2.75, 3.05) is 18.6 Å². The molecule has 0 saturated heterocycles. The van der Waals surface area contributed by atoms with Gasteiger partial charge in [0.2, 0.25) is 0 Å². The van der Waals surface area contributed by atoms with E-state index in [1.807, 2.05) is 0 Å². The van der Waals surface area contributed by atoms with Crippen molar-refractivity contribution in [3.8, 4) is 0 Å². The molecule has 2 unspecified atom stereocenters. The third kappa shape index (κ3) is 6.53. The van der Waals surface area contributed by atoms with Crippen LogP contribution in [0.5, 0.6) is 0 Å². The van der Waals surface area contributed by atoms with Crippen molar-refractivity contribution in [1.82, 2.24) is 0 Å². The van der Waals surface area contributed by atoms with E-state index in [1.165, 1.54) is 6.26 Å². The number of hydrogen-bond acceptors (Lipinski definition) is 5. The van der Waals surface area contributed by atoms with Crippen molar-refractivity contribution in [3.05, 3.63) is 0 Å². The van der Waals surface area contributed by atoms with Gasteiger partial charge in [-0.1, -0.05) is 0 Å². The summed E-state index contributed by atoms with van der Waals surface area (Å²) in [6.07, 6.45) is 1.56. The van der Waals surface area contributed by atoms with Gasteiger partial charge in [-0.3, -0.25) is 13.8 Å². The van der Waals surface area contributed by atoms with Crippen molar-refractivity contribution in [2.45, 2.75) is 19.4 Å². The zero-order valence-corrected chi connectivity index (χ0v) is 8.73. The molecule has 0 aromatic heterocycles. The third-order valence-electron chi connectivity index (χ3n) is 1.41. The molecule has 13 heavy (non-hydrogen) atoms. The molecule has 0 aliphatic heterocycles. The van der Waals surface area contributed by atoms with Crippen LogP contribution in [-0.2, 0) is 19.3 Å². The highest BCUT2D eigenvalue weighted by Crippen LogP contribution is 1.96. The van der Waals surface area contributed by atoms with Crippen LogP contribution in [0.15, 0.2) is 0 Å². The van der Waals surface area contributed by atoms with E-state index in [4.69, 9.17) is 10.5 Å². The topological polar surface area (TPSA) is 93.2 Å². The van der Waals surface area contributed by atoms with Crippen LogP contribution in [-0.4, -0.2) is 34.8 Å². The minimum atomic E-state index is -2.56. The molecule has 0 amide bonds. The van der Waals surface area contributed by atoms with Gasteiger partial charge in [-0.15, -0.1) is 0 Å². The normalized spacial score (nSPS) is 17.5. The maximum absolute atomic E-state index is 11.0. The summed E-state index contributed by atoms with van der Waals surface area (Å²) < 4.78 is 22.7. The molecule has 0 aliphatic rings. The third-order valence-corrected chi connectivity index (χ3v) is 2.42. The standard InChI is InChI=1S/C7H16N2O3S/c1-3-12-7(10)6(8)4-5-13(2,9)11/h6,9H,3-5,8H2,1-2H3. The Labute approximate surface area is 78.6 Å². The molecule has 5 nitrogen and oxygen atoms in total. The fraction of sp³-hybridized carbons (Fsp3) is 0.857. The van der Waals surface area contributed by atoms with Gasteiger partial charge >= 0.3 is 5.97 Å². The first-order chi connectivity index (χ1) is 5.87. The van der Waals surface area contributed by atoms with E-state index in [1.54, 1.807) is 6.92 Å². The number of nitrogens with one attached hydrogen (secondary N) is 1. The van der Waals surface area contributed by atoms with E-state index < -0.39 is 21.7 Å². The van der Waals surface area contributed by atoms with Crippen LogP contribution in [0.4, 0.5) is 0 Å². The number of nitrogens with two attached hydrogens (primary N) is 1. The second-order valence-corrected chi connectivity index (χ2v) is 5.27. The molecule has 0 spiro atoms. The summed E-state index contributed by atoms with van der Waals surface area (Å²) in [6, 6.07) is -0.758. The zero-order chi connectivity index (χ0) is 10.5. The highest BCUT2D eigenvalue weighted by Gasteiger charge is 2.15. The van der Waals surface area contributed by atoms with Crippen molar-refractivity contribution >= 4 is 15.7 Å². The number of carbonyl (C=O) groups is 1. The van der Waals surface area contributed by atoms with E-state index in [9.17, 15) is 9.00 Å². The zero-order valence-electron chi connectivity index (χ0n) is 7.91. The monoisotopic (exact) mass is 208 g/mol. The summed E-state index contributed by atoms with van der Waals surface area (Å²) in [6.45, 7) is 1.98. The summed E-state index contributed by atoms with van der Waals surface area (Å²) in [7, 11) is -2.56. The largest absolute Gasteiger partial charge is 0.465 e. The second kappa shape index (κ2) is 5.18. The first kappa shape index (κ1) is 12.4. The van der Waals surface area contributed by atoms with Gasteiger partial charge < -0.3 is 10.5 Å². The molecule has 0 heterocycles. The SMILES string of the molecule is CCOC(=O)C(N)CCS(C)(=N)=O. The fourth-order valence-corrected chi connectivity index (χ4v) is 1.42. The molecule has 0 aromatic carbocycles. The molecule has 0 rings (SSSR count). The van der Waals surface area contributed by atoms with E-state index >= 15 is 0 Å². The Morgan fingerprint density at radius 3 is 2.62 bits per heavy atom. The molecular weight excluding hydrogens is 192 g/mol. The average Bonchev–Trinajstić information content (AvgIpc) is 1.99. The number of carbonyl (C=O) groups excluding carboxylic acids is 1. The van der Waals surface area contributed by atoms with Gasteiger partial charge in [-0.2, -0.15) is 0 Å². The first-order valence-electron chi connectivity index (χ1n) is 4.00. The summed E-state index contributed by atoms with van der Waals surface area (Å²) in [5, 5.41) is 0. The molecule has 0 aliphatic carbocycles. The molecule has 3 N–H and O–H groups in total. The lowest BCUT2D eigenvalue weighted by molar-refractivity contribution is -0.144. The Hall–Kier alpha value is -0.620. The maximum atomic E-state index is 11.0. The highest BCUT2D eigenvalue weighted by atomic mass is 32.2. The van der Waals surface area contributed by atoms with Crippen LogP contribution in [0.3, 0.4) is 0 Å². The van der Waals surface area contributed by atoms with E-state index in [0.717, 1.165) is 0 Å². The lowest BCUT2D eigenvalue weighted by atomic mass is 10.2. The molecule has 2 atom stereocenters. The highest BCUT2D eigenvalue weighted by molar-refractivity contribution is 7.91. The summed E-state index contributed by atoms with van der Waals surface area (Å²) >= 11 is 0. The quantitative estimate of drug-likeness (QED) is 0.619. The van der Waals surface area contributed by atoms with Gasteiger partial charge in [-0.05, 0) is 13.3 Å². The molecular formula is C7H16N2O3S. The minimum Gasteiger partial charge on any atom is -0.465 e. The van der Waals surface area contributed by atoms with Crippen LogP contribution in [0.1, 0.15) is 13.3 Å². The maximum Gasteiger partial charge on any atom is 0.322 e. The van der Waals surface area contributed by atoms with Crippen molar-refractivity contribution < 1.29 is 13.7 Å². The van der Waals surface area contributed by atoms with Gasteiger partial charge in [0.25, 0.3) is 0 Å². The van der Waals surface area contributed by atoms with Crippen molar-refractivity contribution in [3.63, 3.8) is 0 Å². The lowest BCUT2D eigenvalue weighted by Crippen LogP contribution is -2.33. The molecule has 78 valence electrons. The summed E-state index contributed by atoms with van der Waals surface area (Å²) in [4.78, 5) is 11.0. The summed E-state index contributed by atoms with van der Waals surface area (Å²) in [5.74, 6) is -0.362. The van der Waals surface area contributed by atoms with E-state index in [0.29, 0.717) is 0 Å². The molecule has 0 aromatic rings. The lowest BCUT2D eigenvalue weighted by Gasteiger charge is -2.09. The van der Waals surface area contributed by atoms with Crippen molar-refractivity contribution in [2.24, 2.45) is 5.73 Å². The summed E-state index contributed by atoms with van der Waals surface area (Å²) in [5.41, 5.74) is 5.43. The Morgan fingerprint density at radius 2 is 2.23 bits per heavy atom. The van der Waals surface area contributed by atoms with Crippen LogP contribution in [0.25, 0.3) is 0 Å². The van der Waals surface area contributed by atoms with Gasteiger partial charge in [0, 0.05) is 21.7 Å². The molecule has 0 bridgehead atoms. The average molecular weight is 208 g/mol. The predicted octanol–water partition coefficient (Wildman–Crippen LogP) is -0.0565. The molecule has 0 radical (unpaired) electrons.